The van der Waals surface area contributed by atoms with Crippen LogP contribution in [-0.4, -0.2) is 13.2 Å². The van der Waals surface area contributed by atoms with Crippen LogP contribution in [0.4, 0.5) is 0 Å². The van der Waals surface area contributed by atoms with Crippen LogP contribution in [0.15, 0.2) is 30.3 Å². The first kappa shape index (κ1) is 8.28. The topological polar surface area (TPSA) is 12.5 Å². The van der Waals surface area contributed by atoms with Crippen molar-refractivity contribution in [3.8, 4) is 0 Å². The Hall–Kier alpha value is -0.820. The van der Waals surface area contributed by atoms with Crippen molar-refractivity contribution < 1.29 is 4.74 Å². The van der Waals surface area contributed by atoms with E-state index in [4.69, 9.17) is 0 Å². The van der Waals surface area contributed by atoms with Crippen molar-refractivity contribution >= 4 is 0 Å². The Morgan fingerprint density at radius 1 is 1.18 bits per heavy atom. The molecule has 1 heterocycles. The van der Waals surface area contributed by atoms with E-state index in [-0.39, 0.29) is 0 Å². The highest BCUT2D eigenvalue weighted by Gasteiger charge is 1.94. The van der Waals surface area contributed by atoms with Gasteiger partial charge in [0, 0.05) is 0 Å². The molecule has 1 aromatic carbocycles. The maximum Gasteiger partial charge on any atom is 0.0701 e. The molecule has 0 atom stereocenters. The van der Waals surface area contributed by atoms with Crippen LogP contribution in [0.5, 0.6) is 0 Å². The van der Waals surface area contributed by atoms with Gasteiger partial charge in [-0.2, -0.15) is 0 Å². The molecule has 1 heteroatoms. The van der Waals surface area contributed by atoms with Gasteiger partial charge in [-0.3, -0.25) is 0 Å². The summed E-state index contributed by atoms with van der Waals surface area (Å²) in [4.78, 5) is 0. The van der Waals surface area contributed by atoms with E-state index < -0.39 is 0 Å². The quantitative estimate of drug-likeness (QED) is 0.559. The van der Waals surface area contributed by atoms with Crippen LogP contribution in [0.25, 0.3) is 0 Å². The molecule has 0 bridgehead atoms. The fourth-order valence-corrected chi connectivity index (χ4v) is 0.714. The molecule has 11 heavy (non-hydrogen) atoms. The molecule has 0 saturated carbocycles. The number of ether oxygens (including phenoxy) is 1. The van der Waals surface area contributed by atoms with Crippen LogP contribution >= 0.6 is 0 Å². The van der Waals surface area contributed by atoms with Crippen molar-refractivity contribution in [1.82, 2.24) is 0 Å². The molecule has 0 amide bonds. The minimum absolute atomic E-state index is 1.00. The van der Waals surface area contributed by atoms with Crippen molar-refractivity contribution in [2.75, 3.05) is 13.2 Å². The summed E-state index contributed by atoms with van der Waals surface area (Å²) < 4.78 is 4.50. The number of hydrogen-bond acceptors (Lipinski definition) is 1. The molecule has 1 saturated heterocycles. The minimum Gasteiger partial charge on any atom is -0.377 e. The third-order valence-electron chi connectivity index (χ3n) is 1.46. The number of epoxide rings is 1. The van der Waals surface area contributed by atoms with Crippen molar-refractivity contribution in [2.24, 2.45) is 0 Å². The lowest BCUT2D eigenvalue weighted by atomic mass is 10.2. The fourth-order valence-electron chi connectivity index (χ4n) is 0.714. The first-order valence-corrected chi connectivity index (χ1v) is 4.05. The molecule has 60 valence electrons. The molecular weight excluding hydrogens is 136 g/mol. The molecular formula is C10H14O. The Labute approximate surface area is 68.0 Å². The lowest BCUT2D eigenvalue weighted by Gasteiger charge is -1.89. The zero-order valence-corrected chi connectivity index (χ0v) is 6.92. The van der Waals surface area contributed by atoms with E-state index in [2.05, 4.69) is 35.9 Å². The van der Waals surface area contributed by atoms with Gasteiger partial charge < -0.3 is 4.74 Å². The van der Waals surface area contributed by atoms with Crippen LogP contribution in [-0.2, 0) is 11.2 Å². The Morgan fingerprint density at radius 2 is 1.73 bits per heavy atom. The van der Waals surface area contributed by atoms with E-state index in [0.717, 1.165) is 19.6 Å². The third kappa shape index (κ3) is 4.57. The summed E-state index contributed by atoms with van der Waals surface area (Å²) in [6.45, 7) is 4.16. The van der Waals surface area contributed by atoms with Gasteiger partial charge in [-0.25, -0.2) is 0 Å². The van der Waals surface area contributed by atoms with E-state index in [1.165, 1.54) is 5.56 Å². The number of benzene rings is 1. The normalized spacial score (nSPS) is 13.2. The highest BCUT2D eigenvalue weighted by Crippen LogP contribution is 1.96. The highest BCUT2D eigenvalue weighted by molar-refractivity contribution is 5.13. The van der Waals surface area contributed by atoms with Gasteiger partial charge in [0.25, 0.3) is 0 Å². The van der Waals surface area contributed by atoms with E-state index >= 15 is 0 Å². The van der Waals surface area contributed by atoms with E-state index in [9.17, 15) is 0 Å². The van der Waals surface area contributed by atoms with Crippen molar-refractivity contribution in [3.05, 3.63) is 35.9 Å². The van der Waals surface area contributed by atoms with Crippen LogP contribution < -0.4 is 0 Å². The van der Waals surface area contributed by atoms with Crippen LogP contribution in [0.3, 0.4) is 0 Å². The zero-order valence-electron chi connectivity index (χ0n) is 6.92. The second kappa shape index (κ2) is 4.91. The van der Waals surface area contributed by atoms with Crippen LogP contribution in [0, 0.1) is 0 Å². The molecule has 1 nitrogen and oxygen atoms in total. The predicted octanol–water partition coefficient (Wildman–Crippen LogP) is 2.27. The molecule has 1 aliphatic rings. The number of aryl methyl sites for hydroxylation is 1. The van der Waals surface area contributed by atoms with Gasteiger partial charge >= 0.3 is 0 Å². The molecule has 1 aliphatic heterocycles. The molecule has 0 spiro atoms. The van der Waals surface area contributed by atoms with Gasteiger partial charge in [-0.1, -0.05) is 37.3 Å². The summed E-state index contributed by atoms with van der Waals surface area (Å²) in [7, 11) is 0. The Balaban J connectivity index is 0.000000167. The van der Waals surface area contributed by atoms with Gasteiger partial charge in [-0.05, 0) is 12.0 Å². The fraction of sp³-hybridized carbons (Fsp3) is 0.400. The maximum absolute atomic E-state index is 4.50. The molecule has 1 aromatic rings. The van der Waals surface area contributed by atoms with Gasteiger partial charge in [0.1, 0.15) is 0 Å². The molecule has 2 rings (SSSR count). The van der Waals surface area contributed by atoms with Gasteiger partial charge in [0.2, 0.25) is 0 Å². The average Bonchev–Trinajstić information content (AvgIpc) is 2.92. The second-order valence-electron chi connectivity index (χ2n) is 2.45. The Morgan fingerprint density at radius 3 is 2.00 bits per heavy atom. The van der Waals surface area contributed by atoms with E-state index in [0.29, 0.717) is 0 Å². The summed E-state index contributed by atoms with van der Waals surface area (Å²) in [6, 6.07) is 10.5. The lowest BCUT2D eigenvalue weighted by molar-refractivity contribution is 0.475. The van der Waals surface area contributed by atoms with Crippen molar-refractivity contribution in [3.63, 3.8) is 0 Å². The first-order valence-electron chi connectivity index (χ1n) is 4.05. The average molecular weight is 150 g/mol. The summed E-state index contributed by atoms with van der Waals surface area (Å²) in [5, 5.41) is 0. The van der Waals surface area contributed by atoms with E-state index in [1.807, 2.05) is 6.07 Å². The monoisotopic (exact) mass is 150 g/mol. The highest BCUT2D eigenvalue weighted by atomic mass is 16.6. The molecule has 0 radical (unpaired) electrons. The zero-order chi connectivity index (χ0) is 7.94. The molecule has 0 aromatic heterocycles. The van der Waals surface area contributed by atoms with Gasteiger partial charge in [0.15, 0.2) is 0 Å². The lowest BCUT2D eigenvalue weighted by Crippen LogP contribution is -1.73. The SMILES string of the molecule is C1CO1.CCc1ccccc1. The summed E-state index contributed by atoms with van der Waals surface area (Å²) in [5.41, 5.74) is 1.41. The third-order valence-corrected chi connectivity index (χ3v) is 1.46. The standard InChI is InChI=1S/C8H10.C2H4O/c1-2-8-6-4-3-5-7-8;1-2-3-1/h3-7H,2H2,1H3;1-2H2. The smallest absolute Gasteiger partial charge is 0.0701 e. The molecule has 0 aliphatic carbocycles. The van der Waals surface area contributed by atoms with Crippen molar-refractivity contribution in [1.29, 1.82) is 0 Å². The Bertz CT molecular complexity index is 177. The largest absolute Gasteiger partial charge is 0.377 e. The predicted molar refractivity (Wildman–Crippen MR) is 46.6 cm³/mol. The summed E-state index contributed by atoms with van der Waals surface area (Å²) in [5.74, 6) is 0. The number of hydrogen-bond donors (Lipinski definition) is 0. The van der Waals surface area contributed by atoms with Crippen LogP contribution in [0.2, 0.25) is 0 Å². The van der Waals surface area contributed by atoms with E-state index in [1.54, 1.807) is 0 Å². The molecule has 1 fully saturated rings. The molecule has 0 unspecified atom stereocenters. The summed E-state index contributed by atoms with van der Waals surface area (Å²) in [6.07, 6.45) is 1.14. The second-order valence-corrected chi connectivity index (χ2v) is 2.45. The Kier molecular flexibility index (Phi) is 3.70. The minimum atomic E-state index is 1.00. The first-order chi connectivity index (χ1) is 5.43. The van der Waals surface area contributed by atoms with Crippen molar-refractivity contribution in [2.45, 2.75) is 13.3 Å². The van der Waals surface area contributed by atoms with Gasteiger partial charge in [-0.15, -0.1) is 0 Å². The molecule has 0 N–H and O–H groups in total. The van der Waals surface area contributed by atoms with Crippen LogP contribution in [0.1, 0.15) is 12.5 Å². The maximum atomic E-state index is 4.50. The van der Waals surface area contributed by atoms with Gasteiger partial charge in [0.05, 0.1) is 13.2 Å². The summed E-state index contributed by atoms with van der Waals surface area (Å²) >= 11 is 0. The number of rotatable bonds is 1.